The van der Waals surface area contributed by atoms with Crippen LogP contribution in [0.3, 0.4) is 0 Å². The molecule has 160 valence electrons. The smallest absolute Gasteiger partial charge is 0.269 e. The maximum atomic E-state index is 13.3. The quantitative estimate of drug-likeness (QED) is 0.339. The van der Waals surface area contributed by atoms with E-state index in [-0.39, 0.29) is 17.5 Å². The Hall–Kier alpha value is -3.40. The average Bonchev–Trinajstić information content (AvgIpc) is 3.03. The topological polar surface area (TPSA) is 107 Å². The fraction of sp³-hybridized carbons (Fsp3) is 0.273. The number of aliphatic hydroxyl groups excluding tert-OH is 1. The maximum Gasteiger partial charge on any atom is 0.269 e. The Morgan fingerprint density at radius 1 is 1.00 bits per heavy atom. The second kappa shape index (κ2) is 8.03. The Kier molecular flexibility index (Phi) is 5.40. The summed E-state index contributed by atoms with van der Waals surface area (Å²) in [5, 5.41) is 25.3. The van der Waals surface area contributed by atoms with Gasteiger partial charge in [0, 0.05) is 26.2 Å². The van der Waals surface area contributed by atoms with Crippen molar-refractivity contribution in [1.82, 2.24) is 10.0 Å². The lowest BCUT2D eigenvalue weighted by atomic mass is 9.90. The number of hydrogen-bond acceptors (Lipinski definition) is 7. The minimum absolute atomic E-state index is 0.0743. The molecule has 4 rings (SSSR count). The van der Waals surface area contributed by atoms with Crippen molar-refractivity contribution in [2.24, 2.45) is 5.92 Å². The summed E-state index contributed by atoms with van der Waals surface area (Å²) in [6.45, 7) is 0. The number of nitro groups is 1. The highest BCUT2D eigenvalue weighted by Crippen LogP contribution is 2.38. The average molecular weight is 422 g/mol. The van der Waals surface area contributed by atoms with Gasteiger partial charge in [0.05, 0.1) is 28.7 Å². The molecule has 2 amide bonds. The standard InChI is InChI=1S/C22H22N4O5/c1-23(2)25-18(20(27)14-8-10-16(11-9-14)26(30)31)13-12-17-19(25)22(29)24(21(17)28)15-6-4-3-5-7-15/h3-13,17-20,27H,1-2H3/t17-,18-,19+,20-/m1/s1. The van der Waals surface area contributed by atoms with Gasteiger partial charge < -0.3 is 5.11 Å². The van der Waals surface area contributed by atoms with Gasteiger partial charge in [-0.25, -0.2) is 14.9 Å². The molecule has 2 aliphatic rings. The summed E-state index contributed by atoms with van der Waals surface area (Å²) in [4.78, 5) is 38.0. The Morgan fingerprint density at radius 2 is 1.65 bits per heavy atom. The first-order chi connectivity index (χ1) is 14.8. The van der Waals surface area contributed by atoms with Crippen LogP contribution in [0, 0.1) is 16.0 Å². The first-order valence-electron chi connectivity index (χ1n) is 9.80. The number of carbonyl (C=O) groups is 2. The third-order valence-corrected chi connectivity index (χ3v) is 5.67. The number of rotatable bonds is 5. The normalized spacial score (nSPS) is 24.5. The molecule has 4 atom stereocenters. The minimum atomic E-state index is -1.06. The van der Waals surface area contributed by atoms with Gasteiger partial charge in [-0.05, 0) is 29.8 Å². The third kappa shape index (κ3) is 3.52. The molecule has 0 saturated carbocycles. The third-order valence-electron chi connectivity index (χ3n) is 5.67. The highest BCUT2D eigenvalue weighted by Gasteiger charge is 2.54. The molecule has 9 heteroatoms. The molecule has 0 spiro atoms. The molecular formula is C22H22N4O5. The monoisotopic (exact) mass is 422 g/mol. The van der Waals surface area contributed by atoms with Gasteiger partial charge >= 0.3 is 0 Å². The summed E-state index contributed by atoms with van der Waals surface area (Å²) < 4.78 is 0. The largest absolute Gasteiger partial charge is 0.386 e. The van der Waals surface area contributed by atoms with Gasteiger partial charge in [-0.2, -0.15) is 0 Å². The van der Waals surface area contributed by atoms with E-state index in [9.17, 15) is 24.8 Å². The van der Waals surface area contributed by atoms with Gasteiger partial charge in [-0.3, -0.25) is 19.7 Å². The molecule has 0 bridgehead atoms. The van der Waals surface area contributed by atoms with Gasteiger partial charge in [0.15, 0.2) is 0 Å². The molecule has 2 aromatic carbocycles. The zero-order valence-electron chi connectivity index (χ0n) is 17.0. The summed E-state index contributed by atoms with van der Waals surface area (Å²) in [6, 6.07) is 13.0. The fourth-order valence-electron chi connectivity index (χ4n) is 4.24. The summed E-state index contributed by atoms with van der Waals surface area (Å²) in [5.74, 6) is -1.34. The van der Waals surface area contributed by atoms with Crippen LogP contribution in [-0.2, 0) is 9.59 Å². The van der Waals surface area contributed by atoms with E-state index >= 15 is 0 Å². The number of anilines is 1. The van der Waals surface area contributed by atoms with E-state index in [1.54, 1.807) is 60.5 Å². The van der Waals surface area contributed by atoms with Crippen molar-refractivity contribution in [2.45, 2.75) is 18.2 Å². The van der Waals surface area contributed by atoms with Crippen LogP contribution in [0.4, 0.5) is 11.4 Å². The van der Waals surface area contributed by atoms with Gasteiger partial charge in [-0.15, -0.1) is 0 Å². The summed E-state index contributed by atoms with van der Waals surface area (Å²) in [7, 11) is 3.49. The molecule has 1 N–H and O–H groups in total. The molecule has 9 nitrogen and oxygen atoms in total. The lowest BCUT2D eigenvalue weighted by Gasteiger charge is -2.43. The van der Waals surface area contributed by atoms with Crippen molar-refractivity contribution in [2.75, 3.05) is 19.0 Å². The van der Waals surface area contributed by atoms with Crippen molar-refractivity contribution in [3.8, 4) is 0 Å². The number of hydrazine groups is 1. The fourth-order valence-corrected chi connectivity index (χ4v) is 4.24. The number of non-ortho nitro benzene ring substituents is 1. The molecule has 0 unspecified atom stereocenters. The van der Waals surface area contributed by atoms with Crippen molar-refractivity contribution in [3.05, 3.63) is 82.4 Å². The molecule has 0 aliphatic carbocycles. The van der Waals surface area contributed by atoms with E-state index in [1.807, 2.05) is 6.07 Å². The SMILES string of the molecule is CN(C)N1[C@@H]([C@H](O)c2ccc([N+](=O)[O-])cc2)C=C[C@H]2C(=O)N(c3ccccc3)C(=O)[C@H]21. The molecule has 2 aliphatic heterocycles. The van der Waals surface area contributed by atoms with Crippen LogP contribution in [0.5, 0.6) is 0 Å². The Balaban J connectivity index is 1.68. The summed E-state index contributed by atoms with van der Waals surface area (Å²) in [6.07, 6.45) is 2.33. The zero-order valence-corrected chi connectivity index (χ0v) is 17.0. The first-order valence-corrected chi connectivity index (χ1v) is 9.80. The van der Waals surface area contributed by atoms with Crippen molar-refractivity contribution in [1.29, 1.82) is 0 Å². The van der Waals surface area contributed by atoms with E-state index in [2.05, 4.69) is 0 Å². The van der Waals surface area contributed by atoms with Gasteiger partial charge in [0.25, 0.3) is 11.6 Å². The van der Waals surface area contributed by atoms with E-state index in [0.29, 0.717) is 11.3 Å². The molecule has 2 heterocycles. The van der Waals surface area contributed by atoms with Crippen LogP contribution in [0.15, 0.2) is 66.7 Å². The number of aliphatic hydroxyl groups is 1. The Labute approximate surface area is 178 Å². The summed E-state index contributed by atoms with van der Waals surface area (Å²) in [5.41, 5.74) is 0.906. The number of nitro benzene ring substituents is 1. The summed E-state index contributed by atoms with van der Waals surface area (Å²) >= 11 is 0. The molecule has 2 aromatic rings. The first kappa shape index (κ1) is 20.9. The Morgan fingerprint density at radius 3 is 2.23 bits per heavy atom. The predicted molar refractivity (Wildman–Crippen MR) is 113 cm³/mol. The van der Waals surface area contributed by atoms with Gasteiger partial charge in [-0.1, -0.05) is 30.4 Å². The van der Waals surface area contributed by atoms with Crippen LogP contribution >= 0.6 is 0 Å². The second-order valence-electron chi connectivity index (χ2n) is 7.71. The van der Waals surface area contributed by atoms with Crippen molar-refractivity contribution >= 4 is 23.2 Å². The molecule has 0 aromatic heterocycles. The van der Waals surface area contributed by atoms with Gasteiger partial charge in [0.2, 0.25) is 5.91 Å². The minimum Gasteiger partial charge on any atom is -0.386 e. The molecule has 31 heavy (non-hydrogen) atoms. The maximum absolute atomic E-state index is 13.3. The molecule has 0 radical (unpaired) electrons. The van der Waals surface area contributed by atoms with E-state index < -0.39 is 29.0 Å². The number of fused-ring (bicyclic) bond motifs is 1. The van der Waals surface area contributed by atoms with Crippen molar-refractivity contribution in [3.63, 3.8) is 0 Å². The van der Waals surface area contributed by atoms with Crippen molar-refractivity contribution < 1.29 is 19.6 Å². The van der Waals surface area contributed by atoms with Gasteiger partial charge in [0.1, 0.15) is 6.04 Å². The molecular weight excluding hydrogens is 400 g/mol. The van der Waals surface area contributed by atoms with E-state index in [1.165, 1.54) is 29.2 Å². The number of benzene rings is 2. The zero-order chi connectivity index (χ0) is 22.3. The molecule has 1 saturated heterocycles. The van der Waals surface area contributed by atoms with Crippen LogP contribution < -0.4 is 4.90 Å². The lowest BCUT2D eigenvalue weighted by Crippen LogP contribution is -2.58. The Bertz CT molecular complexity index is 1040. The van der Waals surface area contributed by atoms with E-state index in [0.717, 1.165) is 0 Å². The number of imide groups is 1. The number of hydrogen-bond donors (Lipinski definition) is 1. The lowest BCUT2D eigenvalue weighted by molar-refractivity contribution is -0.384. The number of para-hydroxylation sites is 1. The van der Waals surface area contributed by atoms with Crippen LogP contribution in [0.25, 0.3) is 0 Å². The van der Waals surface area contributed by atoms with E-state index in [4.69, 9.17) is 0 Å². The number of carbonyl (C=O) groups excluding carboxylic acids is 2. The molecule has 1 fully saturated rings. The highest BCUT2D eigenvalue weighted by atomic mass is 16.6. The number of amides is 2. The highest BCUT2D eigenvalue weighted by molar-refractivity contribution is 6.24. The second-order valence-corrected chi connectivity index (χ2v) is 7.71. The van der Waals surface area contributed by atoms with Crippen LogP contribution in [0.2, 0.25) is 0 Å². The van der Waals surface area contributed by atoms with Crippen LogP contribution in [0.1, 0.15) is 11.7 Å². The van der Waals surface area contributed by atoms with Crippen LogP contribution in [-0.4, -0.2) is 58.0 Å². The predicted octanol–water partition coefficient (Wildman–Crippen LogP) is 1.90. The number of nitrogens with zero attached hydrogens (tertiary/aromatic N) is 4.